The molecule has 3 atom stereocenters. The molecule has 0 saturated carbocycles. The number of hydrogen-bond donors (Lipinski definition) is 0. The van der Waals surface area contributed by atoms with E-state index in [-0.39, 0.29) is 24.6 Å². The zero-order valence-electron chi connectivity index (χ0n) is 19.8. The summed E-state index contributed by atoms with van der Waals surface area (Å²) in [6.07, 6.45) is 0. The molecule has 4 rings (SSSR count). The second kappa shape index (κ2) is 10.9. The van der Waals surface area contributed by atoms with Gasteiger partial charge in [-0.1, -0.05) is 68.3 Å². The van der Waals surface area contributed by atoms with Crippen LogP contribution >= 0.6 is 31.9 Å². The van der Waals surface area contributed by atoms with Gasteiger partial charge in [0.15, 0.2) is 15.7 Å². The van der Waals surface area contributed by atoms with Crippen LogP contribution in [0.1, 0.15) is 13.8 Å². The molecule has 2 aliphatic rings. The van der Waals surface area contributed by atoms with Gasteiger partial charge in [0.05, 0.1) is 29.4 Å². The summed E-state index contributed by atoms with van der Waals surface area (Å²) in [6.45, 7) is 3.33. The van der Waals surface area contributed by atoms with Crippen molar-refractivity contribution in [1.29, 1.82) is 0 Å². The summed E-state index contributed by atoms with van der Waals surface area (Å²) in [7, 11) is 0. The molecule has 0 fully saturated rings. The summed E-state index contributed by atoms with van der Waals surface area (Å²) in [4.78, 5) is 52.3. The zero-order chi connectivity index (χ0) is 26.7. The molecule has 2 aliphatic heterocycles. The van der Waals surface area contributed by atoms with Crippen LogP contribution < -0.4 is 10.0 Å². The summed E-state index contributed by atoms with van der Waals surface area (Å²) in [5.74, 6) is -4.23. The predicted molar refractivity (Wildman–Crippen MR) is 144 cm³/mol. The van der Waals surface area contributed by atoms with Gasteiger partial charge in [-0.3, -0.25) is 9.59 Å². The molecule has 2 aromatic rings. The Morgan fingerprint density at radius 1 is 0.892 bits per heavy atom. The number of hydrazone groups is 2. The van der Waals surface area contributed by atoms with Gasteiger partial charge in [0, 0.05) is 0 Å². The lowest BCUT2D eigenvalue weighted by atomic mass is 9.86. The highest BCUT2D eigenvalue weighted by molar-refractivity contribution is 9.13. The molecule has 2 amide bonds. The number of carbonyl (C=O) groups excluding carboxylic acids is 4. The second-order valence-corrected chi connectivity index (χ2v) is 10.1. The molecule has 2 aromatic carbocycles. The fourth-order valence-corrected chi connectivity index (χ4v) is 5.51. The molecule has 0 saturated heterocycles. The van der Waals surface area contributed by atoms with E-state index in [9.17, 15) is 19.2 Å². The summed E-state index contributed by atoms with van der Waals surface area (Å²) < 4.78 is 8.46. The maximum atomic E-state index is 13.9. The van der Waals surface area contributed by atoms with Gasteiger partial charge >= 0.3 is 11.9 Å². The maximum Gasteiger partial charge on any atom is 0.356 e. The number of halogens is 2. The molecule has 0 aromatic heterocycles. The molecule has 0 radical (unpaired) electrons. The third-order valence-corrected chi connectivity index (χ3v) is 8.69. The number of rotatable bonds is 8. The van der Waals surface area contributed by atoms with Crippen LogP contribution in [0, 0.1) is 5.92 Å². The topological polar surface area (TPSA) is 118 Å². The van der Waals surface area contributed by atoms with Crippen molar-refractivity contribution in [2.24, 2.45) is 16.1 Å². The summed E-state index contributed by atoms with van der Waals surface area (Å²) >= 11 is 6.90. The molecule has 0 N–H and O–H groups in total. The number of ether oxygens (including phenoxy) is 2. The van der Waals surface area contributed by atoms with E-state index in [0.717, 1.165) is 10.0 Å². The molecule has 0 bridgehead atoms. The van der Waals surface area contributed by atoms with Crippen molar-refractivity contribution < 1.29 is 28.7 Å². The van der Waals surface area contributed by atoms with Gasteiger partial charge < -0.3 is 9.47 Å². The van der Waals surface area contributed by atoms with Gasteiger partial charge in [0.1, 0.15) is 5.92 Å². The van der Waals surface area contributed by atoms with E-state index in [1.54, 1.807) is 74.5 Å². The first-order valence-corrected chi connectivity index (χ1v) is 13.1. The molecule has 37 heavy (non-hydrogen) atoms. The lowest BCUT2D eigenvalue weighted by Crippen LogP contribution is -2.56. The number of para-hydroxylation sites is 2. The van der Waals surface area contributed by atoms with E-state index in [2.05, 4.69) is 42.1 Å². The van der Waals surface area contributed by atoms with Crippen LogP contribution in [0.5, 0.6) is 0 Å². The number of nitrogens with zero attached hydrogens (tertiary/aromatic N) is 4. The monoisotopic (exact) mass is 632 g/mol. The van der Waals surface area contributed by atoms with Crippen molar-refractivity contribution in [2.75, 3.05) is 23.2 Å². The third-order valence-electron chi connectivity index (χ3n) is 5.65. The first kappa shape index (κ1) is 26.7. The van der Waals surface area contributed by atoms with Crippen molar-refractivity contribution in [2.45, 2.75) is 23.0 Å². The highest BCUT2D eigenvalue weighted by Gasteiger charge is 2.63. The molecule has 0 aliphatic carbocycles. The molecular weight excluding hydrogens is 612 g/mol. The van der Waals surface area contributed by atoms with Crippen LogP contribution in [0.25, 0.3) is 0 Å². The van der Waals surface area contributed by atoms with Crippen molar-refractivity contribution >= 4 is 78.4 Å². The van der Waals surface area contributed by atoms with Gasteiger partial charge in [-0.05, 0) is 38.1 Å². The number of esters is 2. The average molecular weight is 634 g/mol. The standard InChI is InChI=1S/C25H22Br2N4O6/c1-3-36-22(33)18-17(21(32)30(28-18)15-11-7-5-8-12-15)19(26)25(27)20(23(34)37-4-2)29-31(24(25)35)16-13-9-6-10-14-16/h5-14,17,19H,3-4H2,1-2H3/t17-,19-,25+/m0/s1. The Morgan fingerprint density at radius 3 is 1.95 bits per heavy atom. The Hall–Kier alpha value is -3.38. The smallest absolute Gasteiger partial charge is 0.356 e. The Kier molecular flexibility index (Phi) is 7.88. The summed E-state index contributed by atoms with van der Waals surface area (Å²) in [6, 6.07) is 17.0. The quantitative estimate of drug-likeness (QED) is 0.325. The van der Waals surface area contributed by atoms with Crippen LogP contribution in [0.15, 0.2) is 70.9 Å². The largest absolute Gasteiger partial charge is 0.461 e. The highest BCUT2D eigenvalue weighted by Crippen LogP contribution is 2.44. The van der Waals surface area contributed by atoms with Crippen LogP contribution in [0.4, 0.5) is 11.4 Å². The fraction of sp³-hybridized carbons (Fsp3) is 0.280. The Bertz CT molecular complexity index is 1290. The van der Waals surface area contributed by atoms with Crippen molar-refractivity contribution in [3.05, 3.63) is 60.7 Å². The van der Waals surface area contributed by atoms with Gasteiger partial charge in [-0.25, -0.2) is 9.59 Å². The van der Waals surface area contributed by atoms with E-state index in [1.165, 1.54) is 0 Å². The number of anilines is 2. The van der Waals surface area contributed by atoms with E-state index in [0.29, 0.717) is 11.4 Å². The van der Waals surface area contributed by atoms with Gasteiger partial charge in [-0.2, -0.15) is 20.2 Å². The lowest BCUT2D eigenvalue weighted by molar-refractivity contribution is -0.136. The molecule has 10 nitrogen and oxygen atoms in total. The second-order valence-electron chi connectivity index (χ2n) is 7.90. The first-order chi connectivity index (χ1) is 17.7. The lowest BCUT2D eigenvalue weighted by Gasteiger charge is -2.30. The number of benzene rings is 2. The Labute approximate surface area is 229 Å². The minimum atomic E-state index is -1.88. The van der Waals surface area contributed by atoms with Crippen molar-refractivity contribution in [3.8, 4) is 0 Å². The zero-order valence-corrected chi connectivity index (χ0v) is 23.0. The molecule has 0 unspecified atom stereocenters. The van der Waals surface area contributed by atoms with Crippen LogP contribution in [-0.4, -0.2) is 57.5 Å². The molecular formula is C25H22Br2N4O6. The van der Waals surface area contributed by atoms with E-state index in [4.69, 9.17) is 9.47 Å². The van der Waals surface area contributed by atoms with E-state index >= 15 is 0 Å². The molecule has 0 spiro atoms. The van der Waals surface area contributed by atoms with Crippen LogP contribution in [0.3, 0.4) is 0 Å². The third kappa shape index (κ3) is 4.71. The van der Waals surface area contributed by atoms with Gasteiger partial charge in [-0.15, -0.1) is 0 Å². The Morgan fingerprint density at radius 2 is 1.41 bits per heavy atom. The van der Waals surface area contributed by atoms with Crippen molar-refractivity contribution in [1.82, 2.24) is 0 Å². The van der Waals surface area contributed by atoms with Gasteiger partial charge in [0.25, 0.3) is 11.8 Å². The van der Waals surface area contributed by atoms with Crippen molar-refractivity contribution in [3.63, 3.8) is 0 Å². The number of alkyl halides is 2. The Balaban J connectivity index is 1.80. The van der Waals surface area contributed by atoms with Crippen LogP contribution in [-0.2, 0) is 28.7 Å². The number of carbonyl (C=O) groups is 4. The first-order valence-electron chi connectivity index (χ1n) is 11.4. The summed E-state index contributed by atoms with van der Waals surface area (Å²) in [5.41, 5.74) is 0.325. The summed E-state index contributed by atoms with van der Waals surface area (Å²) in [5, 5.41) is 10.7. The van der Waals surface area contributed by atoms with Gasteiger partial charge in [0.2, 0.25) is 0 Å². The fourth-order valence-electron chi connectivity index (χ4n) is 3.94. The SMILES string of the molecule is CCOC(=O)C1=NN(c2ccccc2)C(=O)[C@@H]1[C@H](Br)[C@]1(Br)C(=O)N(c2ccccc2)N=C1C(=O)OCC. The van der Waals surface area contributed by atoms with Crippen LogP contribution in [0.2, 0.25) is 0 Å². The minimum Gasteiger partial charge on any atom is -0.461 e. The number of hydrogen-bond acceptors (Lipinski definition) is 8. The predicted octanol–water partition coefficient (Wildman–Crippen LogP) is 3.43. The van der Waals surface area contributed by atoms with E-state index in [1.807, 2.05) is 0 Å². The maximum absolute atomic E-state index is 13.9. The molecule has 2 heterocycles. The average Bonchev–Trinajstić information content (AvgIpc) is 3.39. The highest BCUT2D eigenvalue weighted by atomic mass is 79.9. The molecule has 192 valence electrons. The molecule has 12 heteroatoms. The van der Waals surface area contributed by atoms with E-state index < -0.39 is 38.8 Å². The minimum absolute atomic E-state index is 0.0348. The normalized spacial score (nSPS) is 22.0. The number of amides is 2.